The summed E-state index contributed by atoms with van der Waals surface area (Å²) in [5, 5.41) is 0. The second-order valence-corrected chi connectivity index (χ2v) is 6.32. The SMILES string of the molecule is C=CCN(CC=C)C(=NP(=O)(OCC)OCC)N(CC=C)CC=C. The Morgan fingerprint density at radius 1 is 0.875 bits per heavy atom. The van der Waals surface area contributed by atoms with E-state index >= 15 is 0 Å². The number of rotatable bonds is 13. The largest absolute Gasteiger partial charge is 0.457 e. The van der Waals surface area contributed by atoms with E-state index in [9.17, 15) is 4.57 Å². The molecule has 0 saturated carbocycles. The van der Waals surface area contributed by atoms with Gasteiger partial charge in [-0.05, 0) is 13.8 Å². The second-order valence-electron chi connectivity index (χ2n) is 4.67. The summed E-state index contributed by atoms with van der Waals surface area (Å²) in [6, 6.07) is 0. The van der Waals surface area contributed by atoms with E-state index in [2.05, 4.69) is 31.1 Å². The van der Waals surface area contributed by atoms with Crippen molar-refractivity contribution in [3.63, 3.8) is 0 Å². The molecule has 0 atom stereocenters. The second kappa shape index (κ2) is 12.8. The van der Waals surface area contributed by atoms with Crippen molar-refractivity contribution in [2.75, 3.05) is 39.4 Å². The van der Waals surface area contributed by atoms with Gasteiger partial charge in [0.1, 0.15) is 0 Å². The zero-order chi connectivity index (χ0) is 18.4. The molecule has 0 aliphatic heterocycles. The monoisotopic (exact) mass is 355 g/mol. The Bertz CT molecular complexity index is 435. The molecule has 0 fully saturated rings. The Labute approximate surface area is 146 Å². The number of nitrogens with zero attached hydrogens (tertiary/aromatic N) is 3. The lowest BCUT2D eigenvalue weighted by atomic mass is 10.4. The normalized spacial score (nSPS) is 10.6. The van der Waals surface area contributed by atoms with Crippen LogP contribution in [0.4, 0.5) is 0 Å². The molecule has 0 aliphatic carbocycles. The highest BCUT2D eigenvalue weighted by Crippen LogP contribution is 2.50. The molecule has 0 spiro atoms. The van der Waals surface area contributed by atoms with Crippen LogP contribution in [0.2, 0.25) is 0 Å². The number of hydrogen-bond donors (Lipinski definition) is 0. The van der Waals surface area contributed by atoms with Crippen molar-refractivity contribution in [3.8, 4) is 0 Å². The van der Waals surface area contributed by atoms with Gasteiger partial charge in [-0.25, -0.2) is 4.57 Å². The molecule has 0 N–H and O–H groups in total. The predicted octanol–water partition coefficient (Wildman–Crippen LogP) is 3.87. The van der Waals surface area contributed by atoms with Crippen LogP contribution in [-0.4, -0.2) is 55.2 Å². The molecule has 136 valence electrons. The third-order valence-electron chi connectivity index (χ3n) is 2.76. The van der Waals surface area contributed by atoms with E-state index in [1.165, 1.54) is 0 Å². The summed E-state index contributed by atoms with van der Waals surface area (Å²) in [5.41, 5.74) is 0. The van der Waals surface area contributed by atoms with E-state index in [-0.39, 0.29) is 13.2 Å². The van der Waals surface area contributed by atoms with Crippen LogP contribution >= 0.6 is 7.75 Å². The third-order valence-corrected chi connectivity index (χ3v) is 4.35. The van der Waals surface area contributed by atoms with Crippen LogP contribution < -0.4 is 0 Å². The van der Waals surface area contributed by atoms with Crippen LogP contribution in [0.15, 0.2) is 55.4 Å². The fourth-order valence-electron chi connectivity index (χ4n) is 1.96. The Morgan fingerprint density at radius 2 is 1.21 bits per heavy atom. The zero-order valence-corrected chi connectivity index (χ0v) is 15.8. The average molecular weight is 355 g/mol. The topological polar surface area (TPSA) is 54.4 Å². The van der Waals surface area contributed by atoms with E-state index in [1.807, 2.05) is 9.80 Å². The molecular formula is C17H30N3O3P. The van der Waals surface area contributed by atoms with Gasteiger partial charge >= 0.3 is 7.75 Å². The van der Waals surface area contributed by atoms with Crippen LogP contribution in [0.3, 0.4) is 0 Å². The molecule has 0 amide bonds. The fraction of sp³-hybridized carbons (Fsp3) is 0.471. The van der Waals surface area contributed by atoms with Gasteiger partial charge in [0.25, 0.3) is 0 Å². The highest BCUT2D eigenvalue weighted by atomic mass is 31.2. The molecule has 0 rings (SSSR count). The van der Waals surface area contributed by atoms with E-state index in [4.69, 9.17) is 9.05 Å². The van der Waals surface area contributed by atoms with Crippen LogP contribution in [0.25, 0.3) is 0 Å². The van der Waals surface area contributed by atoms with E-state index in [1.54, 1.807) is 38.2 Å². The fourth-order valence-corrected chi connectivity index (χ4v) is 3.27. The summed E-state index contributed by atoms with van der Waals surface area (Å²) < 4.78 is 27.8. The molecule has 6 nitrogen and oxygen atoms in total. The van der Waals surface area contributed by atoms with Crippen molar-refractivity contribution in [1.82, 2.24) is 9.80 Å². The molecule has 0 bridgehead atoms. The summed E-state index contributed by atoms with van der Waals surface area (Å²) in [6.07, 6.45) is 6.97. The van der Waals surface area contributed by atoms with Gasteiger partial charge in [-0.2, -0.15) is 0 Å². The van der Waals surface area contributed by atoms with Gasteiger partial charge in [0, 0.05) is 26.2 Å². The first-order valence-corrected chi connectivity index (χ1v) is 9.44. The van der Waals surface area contributed by atoms with E-state index in [0.29, 0.717) is 32.1 Å². The van der Waals surface area contributed by atoms with Crippen molar-refractivity contribution < 1.29 is 13.6 Å². The summed E-state index contributed by atoms with van der Waals surface area (Å²) >= 11 is 0. The van der Waals surface area contributed by atoms with Gasteiger partial charge in [-0.15, -0.1) is 31.1 Å². The van der Waals surface area contributed by atoms with Crippen LogP contribution in [0.1, 0.15) is 13.8 Å². The predicted molar refractivity (Wildman–Crippen MR) is 102 cm³/mol. The zero-order valence-electron chi connectivity index (χ0n) is 14.9. The lowest BCUT2D eigenvalue weighted by Crippen LogP contribution is -2.45. The molecule has 0 aromatic rings. The van der Waals surface area contributed by atoms with Gasteiger partial charge < -0.3 is 9.80 Å². The maximum Gasteiger partial charge on any atom is 0.457 e. The lowest BCUT2D eigenvalue weighted by Gasteiger charge is -2.32. The molecule has 0 aromatic carbocycles. The van der Waals surface area contributed by atoms with Gasteiger partial charge in [0.05, 0.1) is 13.2 Å². The minimum absolute atomic E-state index is 0.236. The quantitative estimate of drug-likeness (QED) is 0.217. The summed E-state index contributed by atoms with van der Waals surface area (Å²) in [5.74, 6) is 0.472. The molecule has 0 saturated heterocycles. The summed E-state index contributed by atoms with van der Waals surface area (Å²) in [7, 11) is -3.61. The van der Waals surface area contributed by atoms with Gasteiger partial charge in [0.2, 0.25) is 5.96 Å². The standard InChI is InChI=1S/C17H30N3O3P/c1-7-13-19(14-8-2)17(20(15-9-3)16-10-4)18-24(21,22-11-5)23-12-6/h7-10H,1-4,11-16H2,5-6H3. The van der Waals surface area contributed by atoms with Crippen molar-refractivity contribution in [3.05, 3.63) is 50.6 Å². The average Bonchev–Trinajstić information content (AvgIpc) is 2.53. The number of hydrogen-bond acceptors (Lipinski definition) is 3. The minimum Gasteiger partial charge on any atom is -0.335 e. The van der Waals surface area contributed by atoms with Gasteiger partial charge in [-0.3, -0.25) is 9.05 Å². The Hall–Kier alpha value is -1.62. The Kier molecular flexibility index (Phi) is 11.9. The Balaban J connectivity index is 6.01. The van der Waals surface area contributed by atoms with Crippen molar-refractivity contribution >= 4 is 13.7 Å². The first-order chi connectivity index (χ1) is 11.5. The first kappa shape index (κ1) is 22.4. The molecule has 0 radical (unpaired) electrons. The molecule has 0 aliphatic rings. The summed E-state index contributed by atoms with van der Waals surface area (Å²) in [4.78, 5) is 3.77. The molecule has 0 heterocycles. The molecular weight excluding hydrogens is 325 g/mol. The van der Waals surface area contributed by atoms with Crippen molar-refractivity contribution in [2.24, 2.45) is 4.76 Å². The van der Waals surface area contributed by atoms with Crippen LogP contribution in [0.5, 0.6) is 0 Å². The van der Waals surface area contributed by atoms with E-state index < -0.39 is 7.75 Å². The smallest absolute Gasteiger partial charge is 0.335 e. The first-order valence-electron chi connectivity index (χ1n) is 7.94. The van der Waals surface area contributed by atoms with Crippen LogP contribution in [0, 0.1) is 0 Å². The minimum atomic E-state index is -3.61. The highest BCUT2D eigenvalue weighted by molar-refractivity contribution is 7.52. The third kappa shape index (κ3) is 7.77. The Morgan fingerprint density at radius 3 is 1.46 bits per heavy atom. The maximum atomic E-state index is 12.9. The molecule has 7 heteroatoms. The lowest BCUT2D eigenvalue weighted by molar-refractivity contribution is 0.220. The van der Waals surface area contributed by atoms with Gasteiger partial charge in [0.15, 0.2) is 0 Å². The maximum absolute atomic E-state index is 12.9. The molecule has 24 heavy (non-hydrogen) atoms. The van der Waals surface area contributed by atoms with Crippen LogP contribution in [-0.2, 0) is 13.6 Å². The number of guanidine groups is 1. The van der Waals surface area contributed by atoms with E-state index in [0.717, 1.165) is 0 Å². The molecule has 0 unspecified atom stereocenters. The summed E-state index contributed by atoms with van der Waals surface area (Å²) in [6.45, 7) is 21.1. The van der Waals surface area contributed by atoms with Crippen molar-refractivity contribution in [2.45, 2.75) is 13.8 Å². The molecule has 0 aromatic heterocycles. The highest BCUT2D eigenvalue weighted by Gasteiger charge is 2.27. The van der Waals surface area contributed by atoms with Crippen molar-refractivity contribution in [1.29, 1.82) is 0 Å². The van der Waals surface area contributed by atoms with Gasteiger partial charge in [-0.1, -0.05) is 24.3 Å².